The van der Waals surface area contributed by atoms with Crippen LogP contribution in [-0.2, 0) is 19.7 Å². The van der Waals surface area contributed by atoms with E-state index in [1.54, 1.807) is 6.92 Å². The van der Waals surface area contributed by atoms with Gasteiger partial charge in [0, 0.05) is 17.2 Å². The molecule has 1 heterocycles. The molecule has 0 spiro atoms. The van der Waals surface area contributed by atoms with Crippen molar-refractivity contribution in [1.82, 2.24) is 5.32 Å². The van der Waals surface area contributed by atoms with Gasteiger partial charge in [0.05, 0.1) is 22.2 Å². The normalized spacial score (nSPS) is 14.7. The lowest BCUT2D eigenvalue weighted by Gasteiger charge is -2.26. The molecule has 1 aliphatic rings. The molecule has 1 aliphatic heterocycles. The molecule has 0 radical (unpaired) electrons. The lowest BCUT2D eigenvalue weighted by molar-refractivity contribution is -0.384. The smallest absolute Gasteiger partial charge is 0.339 e. The van der Waals surface area contributed by atoms with E-state index in [-0.39, 0.29) is 45.0 Å². The van der Waals surface area contributed by atoms with E-state index in [0.717, 1.165) is 18.2 Å². The van der Waals surface area contributed by atoms with Gasteiger partial charge >= 0.3 is 16.1 Å². The van der Waals surface area contributed by atoms with Gasteiger partial charge in [-0.25, -0.2) is 9.69 Å². The van der Waals surface area contributed by atoms with E-state index in [9.17, 15) is 32.9 Å². The summed E-state index contributed by atoms with van der Waals surface area (Å²) in [7, 11) is -4.35. The number of nitro benzene ring substituents is 1. The van der Waals surface area contributed by atoms with Crippen molar-refractivity contribution in [1.29, 1.82) is 0 Å². The van der Waals surface area contributed by atoms with Gasteiger partial charge in [0.2, 0.25) is 5.75 Å². The predicted molar refractivity (Wildman–Crippen MR) is 144 cm³/mol. The summed E-state index contributed by atoms with van der Waals surface area (Å²) in [4.78, 5) is 48.9. The number of amides is 4. The largest absolute Gasteiger partial charge is 0.490 e. The van der Waals surface area contributed by atoms with E-state index >= 15 is 0 Å². The highest BCUT2D eigenvalue weighted by Gasteiger charge is 2.37. The monoisotopic (exact) mass is 605 g/mol. The molecule has 1 fully saturated rings. The van der Waals surface area contributed by atoms with Crippen LogP contribution in [0.1, 0.15) is 12.5 Å². The fraction of sp³-hybridized carbons (Fsp3) is 0.0800. The fourth-order valence-corrected chi connectivity index (χ4v) is 4.94. The van der Waals surface area contributed by atoms with E-state index in [0.29, 0.717) is 9.92 Å². The number of carbonyl (C=O) groups is 3. The van der Waals surface area contributed by atoms with E-state index in [1.165, 1.54) is 48.5 Å². The number of barbiturate groups is 1. The quantitative estimate of drug-likeness (QED) is 0.126. The Bertz CT molecular complexity index is 1670. The Labute approximate surface area is 237 Å². The molecule has 0 aromatic heterocycles. The first kappa shape index (κ1) is 28.5. The molecule has 15 heteroatoms. The maximum Gasteiger partial charge on any atom is 0.339 e. The van der Waals surface area contributed by atoms with E-state index in [4.69, 9.17) is 32.1 Å². The standard InChI is InChI=1S/C25H17Cl2N3O9S/c1-2-38-21-13-14(12-20(27)22(21)39-40(36,37)18-9-3-15(26)4-10-18)11-19-23(31)28-25(33)29(24(19)32)16-5-7-17(8-6-16)30(34)35/h3-13H,2H2,1H3,(H,28,31,33)/b19-11+. The number of urea groups is 1. The number of nitrogens with zero attached hydrogens (tertiary/aromatic N) is 2. The zero-order chi connectivity index (χ0) is 29.2. The summed E-state index contributed by atoms with van der Waals surface area (Å²) >= 11 is 12.2. The third kappa shape index (κ3) is 5.91. The number of hydrogen-bond donors (Lipinski definition) is 1. The third-order valence-corrected chi connectivity index (χ3v) is 7.13. The van der Waals surface area contributed by atoms with Crippen LogP contribution in [0.5, 0.6) is 11.5 Å². The van der Waals surface area contributed by atoms with E-state index in [2.05, 4.69) is 0 Å². The number of nitro groups is 1. The molecular weight excluding hydrogens is 589 g/mol. The summed E-state index contributed by atoms with van der Waals surface area (Å²) in [5.74, 6) is -2.45. The summed E-state index contributed by atoms with van der Waals surface area (Å²) < 4.78 is 36.4. The Morgan fingerprint density at radius 1 is 1.02 bits per heavy atom. The molecule has 1 saturated heterocycles. The van der Waals surface area contributed by atoms with E-state index in [1.807, 2.05) is 5.32 Å². The Balaban J connectivity index is 1.70. The van der Waals surface area contributed by atoms with Crippen LogP contribution in [0.3, 0.4) is 0 Å². The van der Waals surface area contributed by atoms with Crippen LogP contribution in [0.15, 0.2) is 71.1 Å². The first-order chi connectivity index (χ1) is 18.9. The average molecular weight is 606 g/mol. The molecule has 0 saturated carbocycles. The molecule has 0 bridgehead atoms. The van der Waals surface area contributed by atoms with Crippen molar-refractivity contribution in [2.24, 2.45) is 0 Å². The van der Waals surface area contributed by atoms with Crippen molar-refractivity contribution in [2.45, 2.75) is 11.8 Å². The van der Waals surface area contributed by atoms with Crippen molar-refractivity contribution < 1.29 is 36.6 Å². The number of benzene rings is 3. The Morgan fingerprint density at radius 2 is 1.68 bits per heavy atom. The zero-order valence-electron chi connectivity index (χ0n) is 20.3. The van der Waals surface area contributed by atoms with Crippen LogP contribution in [0.4, 0.5) is 16.2 Å². The lowest BCUT2D eigenvalue weighted by Crippen LogP contribution is -2.54. The van der Waals surface area contributed by atoms with Crippen LogP contribution >= 0.6 is 23.2 Å². The number of carbonyl (C=O) groups excluding carboxylic acids is 3. The summed E-state index contributed by atoms with van der Waals surface area (Å²) in [5.41, 5.74) is -0.616. The average Bonchev–Trinajstić information content (AvgIpc) is 2.89. The molecule has 206 valence electrons. The lowest BCUT2D eigenvalue weighted by atomic mass is 10.1. The van der Waals surface area contributed by atoms with Gasteiger partial charge in [0.1, 0.15) is 10.5 Å². The second-order valence-electron chi connectivity index (χ2n) is 7.99. The van der Waals surface area contributed by atoms with Crippen molar-refractivity contribution in [3.05, 3.63) is 92.0 Å². The first-order valence-corrected chi connectivity index (χ1v) is 13.4. The molecular formula is C25H17Cl2N3O9S. The summed E-state index contributed by atoms with van der Waals surface area (Å²) in [6.45, 7) is 1.71. The van der Waals surface area contributed by atoms with Gasteiger partial charge in [-0.3, -0.25) is 25.0 Å². The van der Waals surface area contributed by atoms with Gasteiger partial charge < -0.3 is 8.92 Å². The molecule has 0 aliphatic carbocycles. The topological polar surface area (TPSA) is 162 Å². The maximum atomic E-state index is 13.2. The van der Waals surface area contributed by atoms with Crippen molar-refractivity contribution in [3.8, 4) is 11.5 Å². The van der Waals surface area contributed by atoms with Crippen LogP contribution in [0.25, 0.3) is 6.08 Å². The minimum Gasteiger partial charge on any atom is -0.490 e. The minimum absolute atomic E-state index is 0.0179. The highest BCUT2D eigenvalue weighted by atomic mass is 35.5. The number of anilines is 1. The predicted octanol–water partition coefficient (Wildman–Crippen LogP) is 4.73. The van der Waals surface area contributed by atoms with Gasteiger partial charge in [0.25, 0.3) is 17.5 Å². The molecule has 0 unspecified atom stereocenters. The third-order valence-electron chi connectivity index (χ3n) is 5.36. The molecule has 4 rings (SSSR count). The van der Waals surface area contributed by atoms with Crippen LogP contribution < -0.4 is 19.1 Å². The number of ether oxygens (including phenoxy) is 1. The van der Waals surface area contributed by atoms with Gasteiger partial charge in [0.15, 0.2) is 5.75 Å². The van der Waals surface area contributed by atoms with Gasteiger partial charge in [-0.05, 0) is 67.1 Å². The summed E-state index contributed by atoms with van der Waals surface area (Å²) in [6.07, 6.45) is 1.12. The molecule has 3 aromatic carbocycles. The highest BCUT2D eigenvalue weighted by Crippen LogP contribution is 2.39. The molecule has 12 nitrogen and oxygen atoms in total. The number of halogens is 2. The summed E-state index contributed by atoms with van der Waals surface area (Å²) in [5, 5.41) is 13.1. The SMILES string of the molecule is CCOc1cc(/C=C2\C(=O)NC(=O)N(c3ccc([N+](=O)[O-])cc3)C2=O)cc(Cl)c1OS(=O)(=O)c1ccc(Cl)cc1. The highest BCUT2D eigenvalue weighted by molar-refractivity contribution is 7.87. The number of nitrogens with one attached hydrogen (secondary N) is 1. The molecule has 40 heavy (non-hydrogen) atoms. The van der Waals surface area contributed by atoms with Gasteiger partial charge in [-0.2, -0.15) is 8.42 Å². The Hall–Kier alpha value is -4.46. The Kier molecular flexibility index (Phi) is 8.09. The first-order valence-electron chi connectivity index (χ1n) is 11.2. The number of imide groups is 2. The molecule has 0 atom stereocenters. The molecule has 3 aromatic rings. The number of non-ortho nitro benzene ring substituents is 1. The Morgan fingerprint density at radius 3 is 2.27 bits per heavy atom. The van der Waals surface area contributed by atoms with Crippen LogP contribution in [-0.4, -0.2) is 37.8 Å². The minimum atomic E-state index is -4.35. The molecule has 4 amide bonds. The number of rotatable bonds is 8. The van der Waals surface area contributed by atoms with Gasteiger partial charge in [-0.15, -0.1) is 0 Å². The zero-order valence-corrected chi connectivity index (χ0v) is 22.6. The van der Waals surface area contributed by atoms with Crippen LogP contribution in [0.2, 0.25) is 10.0 Å². The van der Waals surface area contributed by atoms with Crippen molar-refractivity contribution >= 4 is 68.6 Å². The maximum absolute atomic E-state index is 13.2. The number of hydrogen-bond acceptors (Lipinski definition) is 9. The molecule has 1 N–H and O–H groups in total. The van der Waals surface area contributed by atoms with Crippen molar-refractivity contribution in [3.63, 3.8) is 0 Å². The second kappa shape index (κ2) is 11.3. The van der Waals surface area contributed by atoms with Gasteiger partial charge in [-0.1, -0.05) is 23.2 Å². The summed E-state index contributed by atoms with van der Waals surface area (Å²) in [6, 6.07) is 11.3. The van der Waals surface area contributed by atoms with Crippen LogP contribution in [0, 0.1) is 10.1 Å². The second-order valence-corrected chi connectivity index (χ2v) is 10.4. The van der Waals surface area contributed by atoms with Crippen molar-refractivity contribution in [2.75, 3.05) is 11.5 Å². The fourth-order valence-electron chi connectivity index (χ4n) is 3.56. The van der Waals surface area contributed by atoms with E-state index < -0.39 is 38.5 Å².